The molecule has 0 radical (unpaired) electrons. The number of nitrogens with zero attached hydrogens (tertiary/aromatic N) is 1. The molecule has 1 N–H and O–H groups in total. The van der Waals surface area contributed by atoms with Crippen molar-refractivity contribution in [3.63, 3.8) is 0 Å². The molecule has 5 nitrogen and oxygen atoms in total. The number of ketones is 1. The van der Waals surface area contributed by atoms with Crippen LogP contribution >= 0.6 is 15.9 Å². The lowest BCUT2D eigenvalue weighted by atomic mass is 10.1. The van der Waals surface area contributed by atoms with E-state index < -0.39 is 0 Å². The number of methoxy groups -OCH3 is 1. The molecule has 0 heterocycles. The normalized spacial score (nSPS) is 10.6. The molecule has 2 rings (SSSR count). The first-order chi connectivity index (χ1) is 11.9. The van der Waals surface area contributed by atoms with Gasteiger partial charge in [0.05, 0.1) is 19.3 Å². The van der Waals surface area contributed by atoms with Gasteiger partial charge in [-0.1, -0.05) is 28.1 Å². The Bertz CT molecular complexity index is 777. The summed E-state index contributed by atoms with van der Waals surface area (Å²) in [5, 5.41) is 2.81. The van der Waals surface area contributed by atoms with Crippen LogP contribution in [0.1, 0.15) is 22.8 Å². The highest BCUT2D eigenvalue weighted by Gasteiger charge is 2.13. The minimum absolute atomic E-state index is 0.0804. The predicted molar refractivity (Wildman–Crippen MR) is 102 cm³/mol. The molecule has 0 fully saturated rings. The zero-order valence-corrected chi connectivity index (χ0v) is 16.1. The van der Waals surface area contributed by atoms with Crippen molar-refractivity contribution in [3.05, 3.63) is 58.1 Å². The van der Waals surface area contributed by atoms with Crippen molar-refractivity contribution in [2.24, 2.45) is 0 Å². The number of hydrogen-bond acceptors (Lipinski definition) is 4. The molecule has 25 heavy (non-hydrogen) atoms. The molecule has 0 spiro atoms. The van der Waals surface area contributed by atoms with Gasteiger partial charge in [0, 0.05) is 22.1 Å². The second-order valence-corrected chi connectivity index (χ2v) is 6.69. The zero-order valence-electron chi connectivity index (χ0n) is 14.5. The molecular weight excluding hydrogens is 384 g/mol. The van der Waals surface area contributed by atoms with Gasteiger partial charge in [-0.2, -0.15) is 0 Å². The summed E-state index contributed by atoms with van der Waals surface area (Å²) in [4.78, 5) is 25.8. The molecule has 0 aliphatic heterocycles. The standard InChI is InChI=1S/C19H21BrN2O3/c1-13(23)16-6-4-5-7-17(16)21-19(24)12-22(2)11-14-10-15(20)8-9-18(14)25-3/h4-10H,11-12H2,1-3H3,(H,21,24). The van der Waals surface area contributed by atoms with Gasteiger partial charge in [0.2, 0.25) is 5.91 Å². The number of hydrogen-bond donors (Lipinski definition) is 1. The van der Waals surface area contributed by atoms with Gasteiger partial charge < -0.3 is 10.1 Å². The lowest BCUT2D eigenvalue weighted by molar-refractivity contribution is -0.117. The number of carbonyl (C=O) groups excluding carboxylic acids is 2. The molecule has 132 valence electrons. The summed E-state index contributed by atoms with van der Waals surface area (Å²) in [5.41, 5.74) is 2.02. The SMILES string of the molecule is COc1ccc(Br)cc1CN(C)CC(=O)Nc1ccccc1C(C)=O. The molecule has 6 heteroatoms. The quantitative estimate of drug-likeness (QED) is 0.714. The number of rotatable bonds is 7. The third kappa shape index (κ3) is 5.41. The van der Waals surface area contributed by atoms with Gasteiger partial charge in [-0.05, 0) is 44.3 Å². The van der Waals surface area contributed by atoms with E-state index in [1.807, 2.05) is 30.1 Å². The molecule has 0 aromatic heterocycles. The lowest BCUT2D eigenvalue weighted by Gasteiger charge is -2.18. The topological polar surface area (TPSA) is 58.6 Å². The Balaban J connectivity index is 2.02. The van der Waals surface area contributed by atoms with E-state index in [1.165, 1.54) is 6.92 Å². The Kier molecular flexibility index (Phi) is 6.73. The zero-order chi connectivity index (χ0) is 18.4. The summed E-state index contributed by atoms with van der Waals surface area (Å²) in [7, 11) is 3.48. The number of carbonyl (C=O) groups is 2. The van der Waals surface area contributed by atoms with Crippen molar-refractivity contribution in [2.75, 3.05) is 26.0 Å². The number of anilines is 1. The van der Waals surface area contributed by atoms with E-state index in [9.17, 15) is 9.59 Å². The number of nitrogens with one attached hydrogen (secondary N) is 1. The lowest BCUT2D eigenvalue weighted by Crippen LogP contribution is -2.30. The minimum atomic E-state index is -0.176. The number of benzene rings is 2. The summed E-state index contributed by atoms with van der Waals surface area (Å²) in [6.45, 7) is 2.24. The highest BCUT2D eigenvalue weighted by atomic mass is 79.9. The third-order valence-corrected chi connectivity index (χ3v) is 4.17. The summed E-state index contributed by atoms with van der Waals surface area (Å²) < 4.78 is 6.31. The molecule has 0 unspecified atom stereocenters. The second-order valence-electron chi connectivity index (χ2n) is 5.78. The smallest absolute Gasteiger partial charge is 0.238 e. The van der Waals surface area contributed by atoms with Crippen molar-refractivity contribution in [2.45, 2.75) is 13.5 Å². The molecule has 0 aliphatic rings. The molecule has 0 atom stereocenters. The Morgan fingerprint density at radius 2 is 1.92 bits per heavy atom. The van der Waals surface area contributed by atoms with Gasteiger partial charge in [-0.15, -0.1) is 0 Å². The van der Waals surface area contributed by atoms with E-state index in [1.54, 1.807) is 31.4 Å². The van der Waals surface area contributed by atoms with Crippen LogP contribution < -0.4 is 10.1 Å². The highest BCUT2D eigenvalue weighted by Crippen LogP contribution is 2.24. The second kappa shape index (κ2) is 8.78. The minimum Gasteiger partial charge on any atom is -0.496 e. The van der Waals surface area contributed by atoms with E-state index in [-0.39, 0.29) is 18.2 Å². The molecular formula is C19H21BrN2O3. The van der Waals surface area contributed by atoms with Crippen LogP contribution in [0.2, 0.25) is 0 Å². The van der Waals surface area contributed by atoms with Crippen molar-refractivity contribution in [1.29, 1.82) is 0 Å². The van der Waals surface area contributed by atoms with Gasteiger partial charge in [0.15, 0.2) is 5.78 Å². The Morgan fingerprint density at radius 3 is 2.60 bits per heavy atom. The van der Waals surface area contributed by atoms with Crippen LogP contribution in [0.3, 0.4) is 0 Å². The maximum Gasteiger partial charge on any atom is 0.238 e. The molecule has 1 amide bonds. The molecule has 0 bridgehead atoms. The van der Waals surface area contributed by atoms with Crippen molar-refractivity contribution < 1.29 is 14.3 Å². The van der Waals surface area contributed by atoms with Crippen LogP contribution in [0.25, 0.3) is 0 Å². The number of para-hydroxylation sites is 1. The Morgan fingerprint density at radius 1 is 1.20 bits per heavy atom. The fourth-order valence-electron chi connectivity index (χ4n) is 2.55. The molecule has 2 aromatic carbocycles. The predicted octanol–water partition coefficient (Wildman–Crippen LogP) is 3.73. The summed E-state index contributed by atoms with van der Waals surface area (Å²) in [6, 6.07) is 12.8. The first-order valence-corrected chi connectivity index (χ1v) is 8.60. The van der Waals surface area contributed by atoms with Crippen LogP contribution in [-0.4, -0.2) is 37.3 Å². The van der Waals surface area contributed by atoms with Crippen molar-refractivity contribution in [3.8, 4) is 5.75 Å². The van der Waals surface area contributed by atoms with E-state index >= 15 is 0 Å². The maximum atomic E-state index is 12.3. The van der Waals surface area contributed by atoms with Gasteiger partial charge in [-0.3, -0.25) is 14.5 Å². The summed E-state index contributed by atoms with van der Waals surface area (Å²) >= 11 is 3.45. The molecule has 0 saturated carbocycles. The van der Waals surface area contributed by atoms with Crippen molar-refractivity contribution in [1.82, 2.24) is 4.90 Å². The van der Waals surface area contributed by atoms with Crippen LogP contribution in [0.5, 0.6) is 5.75 Å². The average Bonchev–Trinajstić information content (AvgIpc) is 2.55. The van der Waals surface area contributed by atoms with E-state index in [4.69, 9.17) is 4.74 Å². The van der Waals surface area contributed by atoms with Gasteiger partial charge in [0.25, 0.3) is 0 Å². The fraction of sp³-hybridized carbons (Fsp3) is 0.263. The number of ether oxygens (including phenoxy) is 1. The molecule has 0 saturated heterocycles. The summed E-state index contributed by atoms with van der Waals surface area (Å²) in [6.07, 6.45) is 0. The summed E-state index contributed by atoms with van der Waals surface area (Å²) in [5.74, 6) is 0.519. The van der Waals surface area contributed by atoms with Gasteiger partial charge in [0.1, 0.15) is 5.75 Å². The number of Topliss-reactive ketones (excluding diaryl/α,β-unsaturated/α-hetero) is 1. The first-order valence-electron chi connectivity index (χ1n) is 7.81. The fourth-order valence-corrected chi connectivity index (χ4v) is 2.96. The van der Waals surface area contributed by atoms with Crippen LogP contribution in [0.4, 0.5) is 5.69 Å². The largest absolute Gasteiger partial charge is 0.496 e. The van der Waals surface area contributed by atoms with E-state index in [0.717, 1.165) is 15.8 Å². The average molecular weight is 405 g/mol. The Hall–Kier alpha value is -2.18. The van der Waals surface area contributed by atoms with Crippen LogP contribution in [0, 0.1) is 0 Å². The number of halogens is 1. The monoisotopic (exact) mass is 404 g/mol. The van der Waals surface area contributed by atoms with Gasteiger partial charge >= 0.3 is 0 Å². The molecule has 2 aromatic rings. The highest BCUT2D eigenvalue weighted by molar-refractivity contribution is 9.10. The first kappa shape index (κ1) is 19.1. The van der Waals surface area contributed by atoms with E-state index in [2.05, 4.69) is 21.2 Å². The van der Waals surface area contributed by atoms with E-state index in [0.29, 0.717) is 17.8 Å². The van der Waals surface area contributed by atoms with Gasteiger partial charge in [-0.25, -0.2) is 0 Å². The van der Waals surface area contributed by atoms with Crippen molar-refractivity contribution >= 4 is 33.3 Å². The Labute approximate surface area is 156 Å². The number of amides is 1. The number of likely N-dealkylation sites (N-methyl/N-ethyl adjacent to an activating group) is 1. The van der Waals surface area contributed by atoms with Crippen LogP contribution in [-0.2, 0) is 11.3 Å². The van der Waals surface area contributed by atoms with Crippen LogP contribution in [0.15, 0.2) is 46.9 Å². The maximum absolute atomic E-state index is 12.3. The molecule has 0 aliphatic carbocycles. The third-order valence-electron chi connectivity index (χ3n) is 3.68.